The Morgan fingerprint density at radius 2 is 1.95 bits per heavy atom. The van der Waals surface area contributed by atoms with E-state index >= 15 is 0 Å². The van der Waals surface area contributed by atoms with E-state index in [4.69, 9.17) is 11.0 Å². The second kappa shape index (κ2) is 12.7. The third-order valence-electron chi connectivity index (χ3n) is 6.31. The van der Waals surface area contributed by atoms with Crippen LogP contribution < -0.4 is 21.7 Å². The molecular formula is C27H29F3N10O2. The highest BCUT2D eigenvalue weighted by molar-refractivity contribution is 5.96. The van der Waals surface area contributed by atoms with Gasteiger partial charge in [0.2, 0.25) is 5.91 Å². The Bertz CT molecular complexity index is 1640. The number of carbonyl (C=O) groups is 2. The van der Waals surface area contributed by atoms with E-state index in [1.165, 1.54) is 23.0 Å². The van der Waals surface area contributed by atoms with Gasteiger partial charge in [-0.1, -0.05) is 6.92 Å². The fourth-order valence-electron chi connectivity index (χ4n) is 4.26. The Hall–Kier alpha value is -4.97. The van der Waals surface area contributed by atoms with Crippen LogP contribution in [0.1, 0.15) is 41.9 Å². The van der Waals surface area contributed by atoms with Gasteiger partial charge in [0.15, 0.2) is 17.2 Å². The quantitative estimate of drug-likeness (QED) is 0.196. The van der Waals surface area contributed by atoms with Crippen molar-refractivity contribution in [2.24, 2.45) is 5.73 Å². The van der Waals surface area contributed by atoms with Gasteiger partial charge in [-0.05, 0) is 43.5 Å². The normalized spacial score (nSPS) is 12.1. The van der Waals surface area contributed by atoms with E-state index in [1.54, 1.807) is 31.2 Å². The van der Waals surface area contributed by atoms with Crippen LogP contribution in [0.5, 0.6) is 0 Å². The standard InChI is InChI=1S/C27H29F3N10O2/c1-3-17-13-18(5-6-19(17)26(42)35-9-4-8-34-25(41)16(2)32)37-23-24-36-14-21(40(24)12-10-33-23)20-15-39(11-7-31)38-22(20)27(28,29)30/h5-6,10,12-16H,3-4,8-9,11,32H2,1-2H3,(H,33,37)(H,34,41)(H,35,42). The van der Waals surface area contributed by atoms with E-state index in [9.17, 15) is 22.8 Å². The van der Waals surface area contributed by atoms with Crippen LogP contribution in [0, 0.1) is 11.3 Å². The van der Waals surface area contributed by atoms with Gasteiger partial charge in [0.05, 0.1) is 29.6 Å². The zero-order chi connectivity index (χ0) is 30.4. The van der Waals surface area contributed by atoms with E-state index in [0.717, 1.165) is 16.4 Å². The van der Waals surface area contributed by atoms with Crippen LogP contribution in [0.2, 0.25) is 0 Å². The number of nitriles is 1. The van der Waals surface area contributed by atoms with Crippen LogP contribution >= 0.6 is 0 Å². The molecule has 0 aliphatic heterocycles. The Morgan fingerprint density at radius 3 is 2.64 bits per heavy atom. The van der Waals surface area contributed by atoms with E-state index < -0.39 is 17.9 Å². The molecule has 12 nitrogen and oxygen atoms in total. The number of aromatic nitrogens is 5. The molecule has 15 heteroatoms. The van der Waals surface area contributed by atoms with Gasteiger partial charge in [-0.15, -0.1) is 0 Å². The SMILES string of the molecule is CCc1cc(Nc2nccn3c(-c4cn(CC#N)nc4C(F)(F)F)cnc23)ccc1C(=O)NCCCNC(=O)C(C)N. The lowest BCUT2D eigenvalue weighted by Gasteiger charge is -2.13. The Kier molecular flexibility index (Phi) is 9.06. The molecule has 1 aromatic carbocycles. The van der Waals surface area contributed by atoms with Crippen LogP contribution in [0.3, 0.4) is 0 Å². The van der Waals surface area contributed by atoms with Crippen molar-refractivity contribution >= 4 is 29.0 Å². The molecule has 1 atom stereocenters. The van der Waals surface area contributed by atoms with Gasteiger partial charge in [0, 0.05) is 42.9 Å². The first-order valence-corrected chi connectivity index (χ1v) is 13.1. The fourth-order valence-corrected chi connectivity index (χ4v) is 4.26. The van der Waals surface area contributed by atoms with Crippen LogP contribution in [-0.2, 0) is 23.9 Å². The molecule has 0 bridgehead atoms. The molecule has 42 heavy (non-hydrogen) atoms. The molecular weight excluding hydrogens is 553 g/mol. The van der Waals surface area contributed by atoms with Gasteiger partial charge in [0.25, 0.3) is 5.91 Å². The number of halogens is 3. The number of benzene rings is 1. The average molecular weight is 583 g/mol. The van der Waals surface area contributed by atoms with Gasteiger partial charge < -0.3 is 21.7 Å². The number of nitrogens with two attached hydrogens (primary N) is 1. The van der Waals surface area contributed by atoms with Crippen molar-refractivity contribution in [3.05, 3.63) is 59.8 Å². The van der Waals surface area contributed by atoms with Gasteiger partial charge in [0.1, 0.15) is 6.54 Å². The highest BCUT2D eigenvalue weighted by Crippen LogP contribution is 2.37. The van der Waals surface area contributed by atoms with Gasteiger partial charge in [-0.2, -0.15) is 23.5 Å². The summed E-state index contributed by atoms with van der Waals surface area (Å²) < 4.78 is 43.5. The summed E-state index contributed by atoms with van der Waals surface area (Å²) >= 11 is 0. The zero-order valence-electron chi connectivity index (χ0n) is 22.9. The molecule has 0 saturated carbocycles. The highest BCUT2D eigenvalue weighted by Gasteiger charge is 2.38. The molecule has 1 unspecified atom stereocenters. The Balaban J connectivity index is 1.52. The minimum Gasteiger partial charge on any atom is -0.355 e. The summed E-state index contributed by atoms with van der Waals surface area (Å²) in [6.45, 7) is 3.91. The summed E-state index contributed by atoms with van der Waals surface area (Å²) in [4.78, 5) is 32.9. The molecule has 0 aliphatic rings. The molecule has 0 spiro atoms. The molecule has 2 amide bonds. The molecule has 3 heterocycles. The summed E-state index contributed by atoms with van der Waals surface area (Å²) in [5.74, 6) is -0.227. The minimum atomic E-state index is -4.74. The fraction of sp³-hybridized carbons (Fsp3) is 0.333. The topological polar surface area (TPSA) is 168 Å². The van der Waals surface area contributed by atoms with Gasteiger partial charge in [-0.3, -0.25) is 18.7 Å². The molecule has 4 aromatic rings. The second-order valence-electron chi connectivity index (χ2n) is 9.40. The number of fused-ring (bicyclic) bond motifs is 1. The smallest absolute Gasteiger partial charge is 0.355 e. The van der Waals surface area contributed by atoms with Crippen molar-refractivity contribution in [1.82, 2.24) is 34.8 Å². The first-order valence-electron chi connectivity index (χ1n) is 13.1. The van der Waals surface area contributed by atoms with Crippen molar-refractivity contribution in [2.75, 3.05) is 18.4 Å². The van der Waals surface area contributed by atoms with Gasteiger partial charge in [-0.25, -0.2) is 9.97 Å². The maximum absolute atomic E-state index is 13.7. The van der Waals surface area contributed by atoms with Gasteiger partial charge >= 0.3 is 6.18 Å². The molecule has 4 rings (SSSR count). The minimum absolute atomic E-state index is 0.130. The van der Waals surface area contributed by atoms with E-state index in [0.29, 0.717) is 37.2 Å². The number of hydrogen-bond acceptors (Lipinski definition) is 8. The summed E-state index contributed by atoms with van der Waals surface area (Å²) in [7, 11) is 0. The van der Waals surface area contributed by atoms with E-state index in [1.807, 2.05) is 6.92 Å². The maximum Gasteiger partial charge on any atom is 0.435 e. The van der Waals surface area contributed by atoms with Crippen molar-refractivity contribution in [2.45, 2.75) is 45.5 Å². The number of alkyl halides is 3. The first-order chi connectivity index (χ1) is 20.0. The molecule has 0 aliphatic carbocycles. The van der Waals surface area contributed by atoms with Crippen molar-refractivity contribution in [1.29, 1.82) is 5.26 Å². The van der Waals surface area contributed by atoms with E-state index in [-0.39, 0.29) is 41.1 Å². The lowest BCUT2D eigenvalue weighted by atomic mass is 10.0. The molecule has 5 N–H and O–H groups in total. The Morgan fingerprint density at radius 1 is 1.19 bits per heavy atom. The van der Waals surface area contributed by atoms with Crippen molar-refractivity contribution in [3.8, 4) is 17.3 Å². The predicted molar refractivity (Wildman–Crippen MR) is 148 cm³/mol. The molecule has 0 radical (unpaired) electrons. The number of hydrogen-bond donors (Lipinski definition) is 4. The molecule has 220 valence electrons. The van der Waals surface area contributed by atoms with E-state index in [2.05, 4.69) is 31.0 Å². The highest BCUT2D eigenvalue weighted by atomic mass is 19.4. The summed E-state index contributed by atoms with van der Waals surface area (Å²) in [5, 5.41) is 21.1. The zero-order valence-corrected chi connectivity index (χ0v) is 22.9. The Labute approximate surface area is 238 Å². The number of nitrogens with one attached hydrogen (secondary N) is 3. The van der Waals surface area contributed by atoms with Crippen LogP contribution in [-0.4, -0.2) is 55.1 Å². The van der Waals surface area contributed by atoms with Crippen LogP contribution in [0.4, 0.5) is 24.7 Å². The molecule has 0 fully saturated rings. The lowest BCUT2D eigenvalue weighted by molar-refractivity contribution is -0.141. The average Bonchev–Trinajstić information content (AvgIpc) is 3.57. The van der Waals surface area contributed by atoms with Crippen LogP contribution in [0.25, 0.3) is 16.9 Å². The summed E-state index contributed by atoms with van der Waals surface area (Å²) in [5.41, 5.74) is 6.42. The second-order valence-corrected chi connectivity index (χ2v) is 9.40. The number of anilines is 2. The number of aryl methyl sites for hydroxylation is 1. The summed E-state index contributed by atoms with van der Waals surface area (Å²) in [6, 6.07) is 6.34. The van der Waals surface area contributed by atoms with Crippen LogP contribution in [0.15, 0.2) is 43.0 Å². The van der Waals surface area contributed by atoms with Crippen molar-refractivity contribution in [3.63, 3.8) is 0 Å². The number of rotatable bonds is 11. The largest absolute Gasteiger partial charge is 0.435 e. The maximum atomic E-state index is 13.7. The monoisotopic (exact) mass is 582 g/mol. The number of amides is 2. The number of nitrogens with zero attached hydrogens (tertiary/aromatic N) is 6. The summed E-state index contributed by atoms with van der Waals surface area (Å²) in [6.07, 6.45) is 1.72. The lowest BCUT2D eigenvalue weighted by Crippen LogP contribution is -2.39. The molecule has 3 aromatic heterocycles. The first kappa shape index (κ1) is 30.0. The number of carbonyl (C=O) groups excluding carboxylic acids is 2. The van der Waals surface area contributed by atoms with Crippen molar-refractivity contribution < 1.29 is 22.8 Å². The predicted octanol–water partition coefficient (Wildman–Crippen LogP) is 3.02. The third-order valence-corrected chi connectivity index (χ3v) is 6.31. The molecule has 0 saturated heterocycles. The number of imidazole rings is 1. The third kappa shape index (κ3) is 6.66.